The molecule has 1 atom stereocenters. The number of hydrogen-bond donors (Lipinski definition) is 0. The number of ketones is 1. The van der Waals surface area contributed by atoms with E-state index in [1.807, 2.05) is 31.2 Å². The lowest BCUT2D eigenvalue weighted by Crippen LogP contribution is -2.45. The van der Waals surface area contributed by atoms with Crippen molar-refractivity contribution in [1.82, 2.24) is 0 Å². The van der Waals surface area contributed by atoms with Crippen molar-refractivity contribution < 1.29 is 14.3 Å². The number of hydrogen-bond acceptors (Lipinski definition) is 4. The van der Waals surface area contributed by atoms with Gasteiger partial charge in [-0.25, -0.2) is 0 Å². The van der Waals surface area contributed by atoms with E-state index in [2.05, 4.69) is 9.64 Å². The topological polar surface area (TPSA) is 46.6 Å². The van der Waals surface area contributed by atoms with E-state index in [1.165, 1.54) is 7.11 Å². The van der Waals surface area contributed by atoms with Crippen LogP contribution < -0.4 is 4.90 Å². The average Bonchev–Trinajstić information content (AvgIpc) is 2.39. The molecule has 4 nitrogen and oxygen atoms in total. The molecule has 0 radical (unpaired) electrons. The fraction of sp³-hybridized carbons (Fsp3) is 0.429. The monoisotopic (exact) mass is 247 g/mol. The number of methoxy groups -OCH3 is 1. The van der Waals surface area contributed by atoms with Gasteiger partial charge in [0.1, 0.15) is 5.92 Å². The molecule has 1 aliphatic heterocycles. The number of piperidine rings is 1. The number of esters is 1. The van der Waals surface area contributed by atoms with E-state index in [4.69, 9.17) is 0 Å². The highest BCUT2D eigenvalue weighted by Gasteiger charge is 2.33. The molecular formula is C14H17NO3. The van der Waals surface area contributed by atoms with Gasteiger partial charge in [-0.15, -0.1) is 0 Å². The Morgan fingerprint density at radius 3 is 2.78 bits per heavy atom. The minimum Gasteiger partial charge on any atom is -0.468 e. The van der Waals surface area contributed by atoms with Crippen LogP contribution in [0.15, 0.2) is 24.3 Å². The maximum Gasteiger partial charge on any atom is 0.318 e. The zero-order chi connectivity index (χ0) is 13.1. The van der Waals surface area contributed by atoms with Crippen LogP contribution in [0.3, 0.4) is 0 Å². The molecule has 96 valence electrons. The molecule has 1 saturated heterocycles. The molecule has 1 heterocycles. The van der Waals surface area contributed by atoms with Gasteiger partial charge < -0.3 is 9.64 Å². The second-order valence-electron chi connectivity index (χ2n) is 4.52. The predicted octanol–water partition coefficient (Wildman–Crippen LogP) is 1.56. The van der Waals surface area contributed by atoms with Crippen molar-refractivity contribution in [1.29, 1.82) is 0 Å². The number of Topliss-reactive ketones (excluding diaryl/α,β-unsaturated/α-hetero) is 1. The number of nitrogens with zero attached hydrogens (tertiary/aromatic N) is 1. The van der Waals surface area contributed by atoms with Crippen LogP contribution in [0.25, 0.3) is 0 Å². The molecule has 1 aliphatic rings. The van der Waals surface area contributed by atoms with E-state index < -0.39 is 11.9 Å². The first kappa shape index (κ1) is 12.6. The van der Waals surface area contributed by atoms with E-state index in [1.54, 1.807) is 0 Å². The Morgan fingerprint density at radius 2 is 2.11 bits per heavy atom. The van der Waals surface area contributed by atoms with Crippen LogP contribution in [0.2, 0.25) is 0 Å². The van der Waals surface area contributed by atoms with Gasteiger partial charge in [-0.3, -0.25) is 9.59 Å². The summed E-state index contributed by atoms with van der Waals surface area (Å²) in [6, 6.07) is 7.98. The molecule has 1 aromatic carbocycles. The Balaban J connectivity index is 2.20. The summed E-state index contributed by atoms with van der Waals surface area (Å²) in [5.41, 5.74) is 2.23. The average molecular weight is 247 g/mol. The van der Waals surface area contributed by atoms with Gasteiger partial charge in [0.25, 0.3) is 0 Å². The molecule has 2 rings (SSSR count). The molecule has 1 unspecified atom stereocenters. The van der Waals surface area contributed by atoms with Gasteiger partial charge in [0.2, 0.25) is 0 Å². The number of carbonyl (C=O) groups is 2. The minimum absolute atomic E-state index is 0.0216. The third kappa shape index (κ3) is 2.37. The summed E-state index contributed by atoms with van der Waals surface area (Å²) < 4.78 is 4.69. The summed E-state index contributed by atoms with van der Waals surface area (Å²) >= 11 is 0. The van der Waals surface area contributed by atoms with Gasteiger partial charge in [-0.1, -0.05) is 18.2 Å². The van der Waals surface area contributed by atoms with Gasteiger partial charge in [-0.05, 0) is 18.6 Å². The largest absolute Gasteiger partial charge is 0.468 e. The third-order valence-electron chi connectivity index (χ3n) is 3.36. The first-order valence-electron chi connectivity index (χ1n) is 6.04. The fourth-order valence-corrected chi connectivity index (χ4v) is 2.32. The summed E-state index contributed by atoms with van der Waals surface area (Å²) in [4.78, 5) is 25.4. The highest BCUT2D eigenvalue weighted by Crippen LogP contribution is 2.24. The standard InChI is InChI=1S/C14H17NO3/c1-10-5-3-4-6-12(10)15-8-7-13(16)11(9-15)14(17)18-2/h3-6,11H,7-9H2,1-2H3. The zero-order valence-corrected chi connectivity index (χ0v) is 10.7. The van der Waals surface area contributed by atoms with Gasteiger partial charge in [0.05, 0.1) is 7.11 Å². The van der Waals surface area contributed by atoms with Crippen LogP contribution in [0.4, 0.5) is 5.69 Å². The summed E-state index contributed by atoms with van der Waals surface area (Å²) in [5, 5.41) is 0. The molecule has 0 amide bonds. The van der Waals surface area contributed by atoms with Crippen LogP contribution in [0, 0.1) is 12.8 Å². The normalized spacial score (nSPS) is 19.8. The molecule has 0 saturated carbocycles. The fourth-order valence-electron chi connectivity index (χ4n) is 2.32. The second-order valence-corrected chi connectivity index (χ2v) is 4.52. The van der Waals surface area contributed by atoms with E-state index in [0.717, 1.165) is 11.3 Å². The van der Waals surface area contributed by atoms with E-state index in [-0.39, 0.29) is 5.78 Å². The summed E-state index contributed by atoms with van der Waals surface area (Å²) in [7, 11) is 1.32. The molecule has 0 spiro atoms. The Kier molecular flexibility index (Phi) is 3.65. The highest BCUT2D eigenvalue weighted by atomic mass is 16.5. The zero-order valence-electron chi connectivity index (χ0n) is 10.7. The van der Waals surface area contributed by atoms with Gasteiger partial charge >= 0.3 is 5.97 Å². The van der Waals surface area contributed by atoms with Crippen molar-refractivity contribution in [2.45, 2.75) is 13.3 Å². The minimum atomic E-state index is -0.650. The molecule has 18 heavy (non-hydrogen) atoms. The van der Waals surface area contributed by atoms with Crippen molar-refractivity contribution in [3.05, 3.63) is 29.8 Å². The number of rotatable bonds is 2. The summed E-state index contributed by atoms with van der Waals surface area (Å²) in [6.07, 6.45) is 0.397. The maximum absolute atomic E-state index is 11.7. The van der Waals surface area contributed by atoms with E-state index in [0.29, 0.717) is 19.5 Å². The Labute approximate surface area is 107 Å². The van der Waals surface area contributed by atoms with Crippen molar-refractivity contribution in [2.24, 2.45) is 5.92 Å². The molecule has 1 aromatic rings. The molecule has 1 fully saturated rings. The van der Waals surface area contributed by atoms with Crippen LogP contribution >= 0.6 is 0 Å². The van der Waals surface area contributed by atoms with Gasteiger partial charge in [0, 0.05) is 25.2 Å². The SMILES string of the molecule is COC(=O)C1CN(c2ccccc2C)CCC1=O. The second kappa shape index (κ2) is 5.21. The smallest absolute Gasteiger partial charge is 0.318 e. The van der Waals surface area contributed by atoms with Crippen LogP contribution in [0.1, 0.15) is 12.0 Å². The summed E-state index contributed by atoms with van der Waals surface area (Å²) in [5.74, 6) is -1.10. The molecule has 0 bridgehead atoms. The lowest BCUT2D eigenvalue weighted by atomic mass is 9.95. The van der Waals surface area contributed by atoms with Crippen LogP contribution in [0.5, 0.6) is 0 Å². The molecule has 4 heteroatoms. The van der Waals surface area contributed by atoms with Crippen molar-refractivity contribution in [3.8, 4) is 0 Å². The molecular weight excluding hydrogens is 230 g/mol. The van der Waals surface area contributed by atoms with Crippen LogP contribution in [-0.4, -0.2) is 32.0 Å². The summed E-state index contributed by atoms with van der Waals surface area (Å²) in [6.45, 7) is 3.10. The molecule has 0 aromatic heterocycles. The number of carbonyl (C=O) groups excluding carboxylic acids is 2. The lowest BCUT2D eigenvalue weighted by Gasteiger charge is -2.33. The lowest BCUT2D eigenvalue weighted by molar-refractivity contribution is -0.149. The number of para-hydroxylation sites is 1. The quantitative estimate of drug-likeness (QED) is 0.588. The van der Waals surface area contributed by atoms with Gasteiger partial charge in [0.15, 0.2) is 5.78 Å². The first-order chi connectivity index (χ1) is 8.63. The first-order valence-corrected chi connectivity index (χ1v) is 6.04. The Bertz CT molecular complexity index is 462. The number of ether oxygens (including phenoxy) is 1. The Hall–Kier alpha value is -1.84. The molecule has 0 aliphatic carbocycles. The van der Waals surface area contributed by atoms with Crippen LogP contribution in [-0.2, 0) is 14.3 Å². The number of anilines is 1. The Morgan fingerprint density at radius 1 is 1.39 bits per heavy atom. The van der Waals surface area contributed by atoms with E-state index >= 15 is 0 Å². The highest BCUT2D eigenvalue weighted by molar-refractivity contribution is 6.00. The third-order valence-corrected chi connectivity index (χ3v) is 3.36. The van der Waals surface area contributed by atoms with Gasteiger partial charge in [-0.2, -0.15) is 0 Å². The number of aryl methyl sites for hydroxylation is 1. The molecule has 0 N–H and O–H groups in total. The van der Waals surface area contributed by atoms with Crippen molar-refractivity contribution >= 4 is 17.4 Å². The van der Waals surface area contributed by atoms with Crippen molar-refractivity contribution in [2.75, 3.05) is 25.1 Å². The number of benzene rings is 1. The maximum atomic E-state index is 11.7. The predicted molar refractivity (Wildman–Crippen MR) is 68.5 cm³/mol. The van der Waals surface area contributed by atoms with E-state index in [9.17, 15) is 9.59 Å². The van der Waals surface area contributed by atoms with Crippen molar-refractivity contribution in [3.63, 3.8) is 0 Å².